The van der Waals surface area contributed by atoms with Crippen LogP contribution in [0.3, 0.4) is 0 Å². The fourth-order valence-corrected chi connectivity index (χ4v) is 5.44. The molecule has 5 rings (SSSR count). The summed E-state index contributed by atoms with van der Waals surface area (Å²) in [5.74, 6) is 1.04. The summed E-state index contributed by atoms with van der Waals surface area (Å²) in [6.07, 6.45) is 3.09. The first-order valence-corrected chi connectivity index (χ1v) is 12.2. The minimum Gasteiger partial charge on any atom is -0.481 e. The molecule has 176 valence electrons. The Morgan fingerprint density at radius 3 is 2.32 bits per heavy atom. The van der Waals surface area contributed by atoms with Crippen molar-refractivity contribution in [2.45, 2.75) is 64.1 Å². The van der Waals surface area contributed by atoms with Crippen molar-refractivity contribution < 1.29 is 9.53 Å². The maximum atomic E-state index is 13.6. The van der Waals surface area contributed by atoms with E-state index in [0.717, 1.165) is 30.7 Å². The van der Waals surface area contributed by atoms with Crippen LogP contribution in [0, 0.1) is 0 Å². The van der Waals surface area contributed by atoms with Crippen molar-refractivity contribution in [3.05, 3.63) is 93.7 Å². The Morgan fingerprint density at radius 2 is 1.62 bits per heavy atom. The van der Waals surface area contributed by atoms with Crippen molar-refractivity contribution in [1.82, 2.24) is 14.5 Å². The van der Waals surface area contributed by atoms with Gasteiger partial charge in [-0.05, 0) is 43.7 Å². The molecule has 2 aliphatic rings. The van der Waals surface area contributed by atoms with Crippen LogP contribution in [0.15, 0.2) is 65.5 Å². The van der Waals surface area contributed by atoms with Gasteiger partial charge in [0.15, 0.2) is 5.69 Å². The normalized spacial score (nSPS) is 20.0. The first kappa shape index (κ1) is 22.4. The molecule has 1 saturated carbocycles. The van der Waals surface area contributed by atoms with E-state index in [0.29, 0.717) is 24.7 Å². The fraction of sp³-hybridized carbons (Fsp3) is 0.393. The summed E-state index contributed by atoms with van der Waals surface area (Å²) in [6.45, 7) is 5.43. The maximum Gasteiger partial charge on any atom is 0.316 e. The first-order chi connectivity index (χ1) is 16.5. The highest BCUT2D eigenvalue weighted by atomic mass is 16.5. The van der Waals surface area contributed by atoms with E-state index in [-0.39, 0.29) is 30.2 Å². The van der Waals surface area contributed by atoms with Crippen molar-refractivity contribution in [3.63, 3.8) is 0 Å². The number of rotatable bonds is 6. The second kappa shape index (κ2) is 9.45. The number of aromatic nitrogens is 2. The molecule has 2 heterocycles. The minimum atomic E-state index is -0.449. The van der Waals surface area contributed by atoms with Crippen LogP contribution >= 0.6 is 0 Å². The largest absolute Gasteiger partial charge is 0.481 e. The molecule has 1 amide bonds. The van der Waals surface area contributed by atoms with Gasteiger partial charge in [0.1, 0.15) is 12.4 Å². The smallest absolute Gasteiger partial charge is 0.316 e. The molecule has 34 heavy (non-hydrogen) atoms. The molecule has 1 fully saturated rings. The number of fused-ring (bicyclic) bond motifs is 1. The average molecular weight is 458 g/mol. The molecule has 2 atom stereocenters. The van der Waals surface area contributed by atoms with Gasteiger partial charge in [-0.2, -0.15) is 4.98 Å². The molecule has 0 spiro atoms. The van der Waals surface area contributed by atoms with Gasteiger partial charge in [0.2, 0.25) is 5.75 Å². The van der Waals surface area contributed by atoms with Crippen LogP contribution in [-0.2, 0) is 13.2 Å². The zero-order valence-electron chi connectivity index (χ0n) is 19.8. The Hall–Kier alpha value is -3.41. The number of amides is 1. The van der Waals surface area contributed by atoms with E-state index in [1.807, 2.05) is 59.7 Å². The number of hydrogen-bond acceptors (Lipinski definition) is 4. The molecule has 2 unspecified atom stereocenters. The average Bonchev–Trinajstić information content (AvgIpc) is 3.34. The lowest BCUT2D eigenvalue weighted by atomic mass is 9.88. The lowest BCUT2D eigenvalue weighted by Gasteiger charge is -2.35. The summed E-state index contributed by atoms with van der Waals surface area (Å²) in [5.41, 5.74) is 2.11. The van der Waals surface area contributed by atoms with Gasteiger partial charge >= 0.3 is 5.56 Å². The van der Waals surface area contributed by atoms with Gasteiger partial charge in [0, 0.05) is 25.0 Å². The number of ether oxygens (including phenoxy) is 1. The second-order valence-electron chi connectivity index (χ2n) is 9.53. The van der Waals surface area contributed by atoms with Crippen LogP contribution in [-0.4, -0.2) is 32.9 Å². The quantitative estimate of drug-likeness (QED) is 0.536. The molecule has 1 aliphatic carbocycles. The predicted molar refractivity (Wildman–Crippen MR) is 131 cm³/mol. The Kier molecular flexibility index (Phi) is 6.22. The molecule has 6 heteroatoms. The lowest BCUT2D eigenvalue weighted by Crippen LogP contribution is -2.47. The molecule has 6 nitrogen and oxygen atoms in total. The summed E-state index contributed by atoms with van der Waals surface area (Å²) in [6, 6.07) is 20.2. The third kappa shape index (κ3) is 4.13. The second-order valence-corrected chi connectivity index (χ2v) is 9.53. The van der Waals surface area contributed by atoms with Gasteiger partial charge in [0.05, 0.1) is 0 Å². The Morgan fingerprint density at radius 1 is 0.941 bits per heavy atom. The van der Waals surface area contributed by atoms with Crippen molar-refractivity contribution in [2.24, 2.45) is 0 Å². The zero-order valence-corrected chi connectivity index (χ0v) is 19.8. The fourth-order valence-electron chi connectivity index (χ4n) is 5.44. The van der Waals surface area contributed by atoms with Gasteiger partial charge in [-0.1, -0.05) is 67.1 Å². The number of hydrogen-bond donors (Lipinski definition) is 0. The van der Waals surface area contributed by atoms with Crippen LogP contribution in [0.1, 0.15) is 72.4 Å². The molecular weight excluding hydrogens is 426 g/mol. The van der Waals surface area contributed by atoms with Crippen molar-refractivity contribution in [3.8, 4) is 5.75 Å². The monoisotopic (exact) mass is 457 g/mol. The highest BCUT2D eigenvalue weighted by molar-refractivity contribution is 5.96. The zero-order chi connectivity index (χ0) is 23.7. The molecule has 0 saturated heterocycles. The van der Waals surface area contributed by atoms with E-state index in [1.54, 1.807) is 0 Å². The van der Waals surface area contributed by atoms with E-state index in [9.17, 15) is 9.59 Å². The van der Waals surface area contributed by atoms with Gasteiger partial charge < -0.3 is 14.2 Å². The van der Waals surface area contributed by atoms with Gasteiger partial charge in [-0.15, -0.1) is 0 Å². The summed E-state index contributed by atoms with van der Waals surface area (Å²) in [7, 11) is 0. The van der Waals surface area contributed by atoms with Crippen molar-refractivity contribution >= 4 is 5.91 Å². The van der Waals surface area contributed by atoms with Gasteiger partial charge in [-0.25, -0.2) is 0 Å². The van der Waals surface area contributed by atoms with E-state index < -0.39 is 5.56 Å². The molecule has 0 N–H and O–H groups in total. The molecular formula is C28H31N3O3. The number of benzene rings is 2. The molecule has 3 aromatic rings. The van der Waals surface area contributed by atoms with Gasteiger partial charge in [0.25, 0.3) is 5.91 Å². The Labute approximate surface area is 200 Å². The third-order valence-electron chi connectivity index (χ3n) is 7.12. The number of carbonyl (C=O) groups excluding carboxylic acids is 1. The van der Waals surface area contributed by atoms with Crippen LogP contribution < -0.4 is 10.3 Å². The molecule has 2 aromatic carbocycles. The van der Waals surface area contributed by atoms with Gasteiger partial charge in [-0.3, -0.25) is 9.59 Å². The molecule has 1 aromatic heterocycles. The molecule has 0 radical (unpaired) electrons. The van der Waals surface area contributed by atoms with Crippen molar-refractivity contribution in [1.29, 1.82) is 0 Å². The van der Waals surface area contributed by atoms with Crippen LogP contribution in [0.5, 0.6) is 5.75 Å². The summed E-state index contributed by atoms with van der Waals surface area (Å²) in [5, 5.41) is 0. The van der Waals surface area contributed by atoms with Crippen LogP contribution in [0.2, 0.25) is 0 Å². The standard InChI is InChI=1S/C28H31N3O3/c1-19(2)30-16-17-31-24(28(30)33)25(34-18-20-10-5-3-6-11-20)27(32)29-26(31)23-15-9-14-22(23)21-12-7-4-8-13-21/h3-8,10-13,19,22-23H,9,14-18H2,1-2H3. The van der Waals surface area contributed by atoms with Crippen molar-refractivity contribution in [2.75, 3.05) is 6.54 Å². The van der Waals surface area contributed by atoms with E-state index in [2.05, 4.69) is 29.2 Å². The van der Waals surface area contributed by atoms with Crippen LogP contribution in [0.4, 0.5) is 0 Å². The molecule has 1 aliphatic heterocycles. The predicted octanol–water partition coefficient (Wildman–Crippen LogP) is 4.74. The highest BCUT2D eigenvalue weighted by Gasteiger charge is 2.38. The topological polar surface area (TPSA) is 64.4 Å². The summed E-state index contributed by atoms with van der Waals surface area (Å²) < 4.78 is 7.99. The highest BCUT2D eigenvalue weighted by Crippen LogP contribution is 2.45. The summed E-state index contributed by atoms with van der Waals surface area (Å²) in [4.78, 5) is 33.3. The first-order valence-electron chi connectivity index (χ1n) is 12.2. The van der Waals surface area contributed by atoms with E-state index in [1.165, 1.54) is 5.56 Å². The SMILES string of the molecule is CC(C)N1CCn2c(C3CCCC3c3ccccc3)nc(=O)c(OCc3ccccc3)c2C1=O. The minimum absolute atomic E-state index is 0.0403. The third-order valence-corrected chi connectivity index (χ3v) is 7.12. The molecule has 0 bridgehead atoms. The Balaban J connectivity index is 1.59. The van der Waals surface area contributed by atoms with E-state index >= 15 is 0 Å². The number of carbonyl (C=O) groups is 1. The maximum absolute atomic E-state index is 13.6. The van der Waals surface area contributed by atoms with E-state index in [4.69, 9.17) is 4.74 Å². The van der Waals surface area contributed by atoms with Crippen LogP contribution in [0.25, 0.3) is 0 Å². The number of nitrogens with zero attached hydrogens (tertiary/aromatic N) is 3. The lowest BCUT2D eigenvalue weighted by molar-refractivity contribution is 0.0633. The Bertz CT molecular complexity index is 1220. The summed E-state index contributed by atoms with van der Waals surface area (Å²) >= 11 is 0.